The van der Waals surface area contributed by atoms with Gasteiger partial charge in [0.2, 0.25) is 0 Å². The zero-order valence-electron chi connectivity index (χ0n) is 11.1. The van der Waals surface area contributed by atoms with Crippen LogP contribution < -0.4 is 10.1 Å². The lowest BCUT2D eigenvalue weighted by Gasteiger charge is -2.28. The number of hydrogen-bond acceptors (Lipinski definition) is 5. The number of aliphatic hydroxyl groups excluding tert-OH is 3. The van der Waals surface area contributed by atoms with E-state index in [1.807, 2.05) is 0 Å². The highest BCUT2D eigenvalue weighted by molar-refractivity contribution is 5.94. The van der Waals surface area contributed by atoms with E-state index in [9.17, 15) is 4.79 Å². The molecule has 0 radical (unpaired) electrons. The van der Waals surface area contributed by atoms with Crippen molar-refractivity contribution in [1.82, 2.24) is 5.32 Å². The molecule has 0 aliphatic heterocycles. The molecule has 20 heavy (non-hydrogen) atoms. The molecule has 6 heteroatoms. The molecule has 0 aliphatic carbocycles. The van der Waals surface area contributed by atoms with Crippen molar-refractivity contribution < 1.29 is 24.9 Å². The predicted octanol–water partition coefficient (Wildman–Crippen LogP) is -0.303. The maximum absolute atomic E-state index is 12.0. The maximum Gasteiger partial charge on any atom is 0.251 e. The van der Waals surface area contributed by atoms with Crippen LogP contribution in [0.4, 0.5) is 0 Å². The molecule has 6 nitrogen and oxygen atoms in total. The molecule has 0 bridgehead atoms. The standard InChI is InChI=1S/C14H19NO5/c1-2-7-20-12-5-3-11(4-6-12)13(19)15-14(8-16,9-17)10-18/h2-6,16-18H,1,7-10H2,(H,15,19). The summed E-state index contributed by atoms with van der Waals surface area (Å²) in [5.74, 6) is 0.0941. The van der Waals surface area contributed by atoms with Crippen LogP contribution >= 0.6 is 0 Å². The molecule has 1 amide bonds. The molecule has 0 fully saturated rings. The first-order valence-corrected chi connectivity index (χ1v) is 6.09. The lowest BCUT2D eigenvalue weighted by Crippen LogP contribution is -2.57. The molecule has 1 aromatic rings. The maximum atomic E-state index is 12.0. The normalized spacial score (nSPS) is 10.9. The van der Waals surface area contributed by atoms with Gasteiger partial charge in [-0.1, -0.05) is 12.7 Å². The minimum Gasteiger partial charge on any atom is -0.490 e. The van der Waals surface area contributed by atoms with Gasteiger partial charge in [0.25, 0.3) is 5.91 Å². The lowest BCUT2D eigenvalue weighted by molar-refractivity contribution is 0.0375. The summed E-state index contributed by atoms with van der Waals surface area (Å²) in [6.45, 7) is 2.21. The van der Waals surface area contributed by atoms with Crippen LogP contribution in [0.2, 0.25) is 0 Å². The number of aliphatic hydroxyl groups is 3. The molecular formula is C14H19NO5. The van der Waals surface area contributed by atoms with Crippen molar-refractivity contribution in [1.29, 1.82) is 0 Å². The van der Waals surface area contributed by atoms with Crippen LogP contribution in [0.1, 0.15) is 10.4 Å². The molecule has 0 spiro atoms. The first-order valence-electron chi connectivity index (χ1n) is 6.09. The van der Waals surface area contributed by atoms with Crippen LogP contribution in [0, 0.1) is 0 Å². The van der Waals surface area contributed by atoms with Gasteiger partial charge in [0.1, 0.15) is 17.9 Å². The van der Waals surface area contributed by atoms with Gasteiger partial charge < -0.3 is 25.4 Å². The molecule has 0 saturated carbocycles. The highest BCUT2D eigenvalue weighted by Gasteiger charge is 2.30. The van der Waals surface area contributed by atoms with E-state index >= 15 is 0 Å². The zero-order chi connectivity index (χ0) is 15.0. The first-order chi connectivity index (χ1) is 9.60. The van der Waals surface area contributed by atoms with Crippen LogP contribution in [0.25, 0.3) is 0 Å². The molecule has 4 N–H and O–H groups in total. The van der Waals surface area contributed by atoms with Crippen molar-refractivity contribution in [3.63, 3.8) is 0 Å². The van der Waals surface area contributed by atoms with Gasteiger partial charge in [-0.2, -0.15) is 0 Å². The summed E-state index contributed by atoms with van der Waals surface area (Å²) in [7, 11) is 0. The lowest BCUT2D eigenvalue weighted by atomic mass is 10.0. The van der Waals surface area contributed by atoms with Crippen LogP contribution in [0.15, 0.2) is 36.9 Å². The van der Waals surface area contributed by atoms with Crippen LogP contribution in [0.5, 0.6) is 5.75 Å². The number of nitrogens with one attached hydrogen (secondary N) is 1. The van der Waals surface area contributed by atoms with Crippen molar-refractivity contribution in [2.75, 3.05) is 26.4 Å². The van der Waals surface area contributed by atoms with E-state index in [-0.39, 0.29) is 0 Å². The number of ether oxygens (including phenoxy) is 1. The number of hydrogen-bond donors (Lipinski definition) is 4. The molecular weight excluding hydrogens is 262 g/mol. The van der Waals surface area contributed by atoms with E-state index in [2.05, 4.69) is 11.9 Å². The highest BCUT2D eigenvalue weighted by Crippen LogP contribution is 2.13. The van der Waals surface area contributed by atoms with E-state index in [4.69, 9.17) is 20.1 Å². The Balaban J connectivity index is 2.74. The van der Waals surface area contributed by atoms with Crippen molar-refractivity contribution in [3.8, 4) is 5.75 Å². The van der Waals surface area contributed by atoms with E-state index in [1.54, 1.807) is 30.3 Å². The third kappa shape index (κ3) is 4.06. The Kier molecular flexibility index (Phi) is 6.17. The molecule has 0 heterocycles. The van der Waals surface area contributed by atoms with Gasteiger partial charge in [-0.3, -0.25) is 4.79 Å². The van der Waals surface area contributed by atoms with E-state index in [0.29, 0.717) is 17.9 Å². The first kappa shape index (κ1) is 16.2. The van der Waals surface area contributed by atoms with Gasteiger partial charge in [0.05, 0.1) is 19.8 Å². The Hall–Kier alpha value is -1.89. The summed E-state index contributed by atoms with van der Waals surface area (Å²) in [6, 6.07) is 6.34. The van der Waals surface area contributed by atoms with Crippen LogP contribution in [-0.4, -0.2) is 53.2 Å². The summed E-state index contributed by atoms with van der Waals surface area (Å²) < 4.78 is 5.28. The van der Waals surface area contributed by atoms with Gasteiger partial charge in [0.15, 0.2) is 0 Å². The van der Waals surface area contributed by atoms with Gasteiger partial charge in [-0.15, -0.1) is 0 Å². The molecule has 110 valence electrons. The van der Waals surface area contributed by atoms with E-state index in [0.717, 1.165) is 0 Å². The van der Waals surface area contributed by atoms with Crippen molar-refractivity contribution >= 4 is 5.91 Å². The Morgan fingerprint density at radius 1 is 1.20 bits per heavy atom. The summed E-state index contributed by atoms with van der Waals surface area (Å²) >= 11 is 0. The smallest absolute Gasteiger partial charge is 0.251 e. The molecule has 0 atom stereocenters. The minimum atomic E-state index is -1.44. The highest BCUT2D eigenvalue weighted by atomic mass is 16.5. The summed E-state index contributed by atoms with van der Waals surface area (Å²) in [5.41, 5.74) is -1.11. The topological polar surface area (TPSA) is 99.0 Å². The molecule has 0 unspecified atom stereocenters. The predicted molar refractivity (Wildman–Crippen MR) is 73.6 cm³/mol. The average molecular weight is 281 g/mol. The third-order valence-corrected chi connectivity index (χ3v) is 2.77. The summed E-state index contributed by atoms with van der Waals surface area (Å²) in [6.07, 6.45) is 1.61. The van der Waals surface area contributed by atoms with Gasteiger partial charge in [0, 0.05) is 5.56 Å². The monoisotopic (exact) mass is 281 g/mol. The number of amides is 1. The number of carbonyl (C=O) groups is 1. The van der Waals surface area contributed by atoms with Gasteiger partial charge in [-0.05, 0) is 24.3 Å². The van der Waals surface area contributed by atoms with E-state index < -0.39 is 31.3 Å². The molecule has 0 saturated heterocycles. The molecule has 0 aliphatic rings. The van der Waals surface area contributed by atoms with Crippen molar-refractivity contribution in [2.24, 2.45) is 0 Å². The number of carbonyl (C=O) groups excluding carboxylic acids is 1. The number of benzene rings is 1. The third-order valence-electron chi connectivity index (χ3n) is 2.77. The Bertz CT molecular complexity index is 431. The largest absolute Gasteiger partial charge is 0.490 e. The average Bonchev–Trinajstić information content (AvgIpc) is 2.51. The molecule has 1 rings (SSSR count). The Morgan fingerprint density at radius 2 is 1.75 bits per heavy atom. The fraction of sp³-hybridized carbons (Fsp3) is 0.357. The summed E-state index contributed by atoms with van der Waals surface area (Å²) in [5, 5.41) is 29.9. The molecule has 1 aromatic carbocycles. The van der Waals surface area contributed by atoms with E-state index in [1.165, 1.54) is 0 Å². The SMILES string of the molecule is C=CCOc1ccc(C(=O)NC(CO)(CO)CO)cc1. The second-order valence-electron chi connectivity index (χ2n) is 4.33. The van der Waals surface area contributed by atoms with Crippen LogP contribution in [-0.2, 0) is 0 Å². The van der Waals surface area contributed by atoms with Crippen molar-refractivity contribution in [3.05, 3.63) is 42.5 Å². The van der Waals surface area contributed by atoms with Gasteiger partial charge in [-0.25, -0.2) is 0 Å². The fourth-order valence-electron chi connectivity index (χ4n) is 1.44. The molecule has 0 aromatic heterocycles. The second-order valence-corrected chi connectivity index (χ2v) is 4.33. The summed E-state index contributed by atoms with van der Waals surface area (Å²) in [4.78, 5) is 12.0. The Morgan fingerprint density at radius 3 is 2.20 bits per heavy atom. The quantitative estimate of drug-likeness (QED) is 0.490. The minimum absolute atomic E-state index is 0.329. The Labute approximate surface area is 117 Å². The number of rotatable bonds is 8. The fourth-order valence-corrected chi connectivity index (χ4v) is 1.44. The zero-order valence-corrected chi connectivity index (χ0v) is 11.1. The second kappa shape index (κ2) is 7.64. The van der Waals surface area contributed by atoms with Crippen LogP contribution in [0.3, 0.4) is 0 Å². The van der Waals surface area contributed by atoms with Gasteiger partial charge >= 0.3 is 0 Å². The van der Waals surface area contributed by atoms with Crippen molar-refractivity contribution in [2.45, 2.75) is 5.54 Å².